The lowest BCUT2D eigenvalue weighted by Crippen LogP contribution is -2.60. The number of nitrogens with zero attached hydrogens (tertiary/aromatic N) is 8. The van der Waals surface area contributed by atoms with Crippen LogP contribution in [0.5, 0.6) is 5.75 Å². The Morgan fingerprint density at radius 1 is 0.747 bits per heavy atom. The van der Waals surface area contributed by atoms with Gasteiger partial charge in [0.1, 0.15) is 28.5 Å². The van der Waals surface area contributed by atoms with Gasteiger partial charge in [-0.2, -0.15) is 5.10 Å². The number of aliphatic imine (C=N–C) groups is 1. The van der Waals surface area contributed by atoms with Crippen molar-refractivity contribution in [1.29, 1.82) is 0 Å². The van der Waals surface area contributed by atoms with Gasteiger partial charge in [0.05, 0.1) is 24.1 Å². The Bertz CT molecular complexity index is 3390. The van der Waals surface area contributed by atoms with E-state index in [9.17, 15) is 9.18 Å². The van der Waals surface area contributed by atoms with Crippen LogP contribution < -0.4 is 4.74 Å². The maximum Gasteiger partial charge on any atom is 0.326 e. The van der Waals surface area contributed by atoms with Crippen LogP contribution in [0.4, 0.5) is 9.18 Å². The lowest BCUT2D eigenvalue weighted by Gasteiger charge is -2.47. The number of unbranched alkanes of at least 4 members (excludes halogenated alkanes) is 5. The number of hydrogen-bond acceptors (Lipinski definition) is 7. The van der Waals surface area contributed by atoms with E-state index >= 15 is 4.79 Å². The van der Waals surface area contributed by atoms with E-state index in [1.54, 1.807) is 18.3 Å². The SMILES string of the molecule is CCOc1cc(C(C)(C)C)ccc1C1=N[C@](C)(c2ccc(Cl)cc2)[C@](C)(c2ccc(Cl)cc2)N1C(=O)N1CCN(CCCCCCCCC(=O)n2cc(-c3cnc4c(c3)C(c3ccn(Cc5cccc(F)c5)c3)=CC4)cn2)CC1. The summed E-state index contributed by atoms with van der Waals surface area (Å²) in [5.74, 6) is 1.00. The number of amidine groups is 1. The van der Waals surface area contributed by atoms with E-state index in [0.29, 0.717) is 54.3 Å². The van der Waals surface area contributed by atoms with Crippen molar-refractivity contribution in [2.75, 3.05) is 39.3 Å². The Labute approximate surface area is 474 Å². The quantitative estimate of drug-likeness (QED) is 0.0794. The first-order chi connectivity index (χ1) is 38.0. The average Bonchev–Trinajstić information content (AvgIpc) is 3.29. The number of rotatable bonds is 18. The van der Waals surface area contributed by atoms with E-state index in [2.05, 4.69) is 91.8 Å². The maximum absolute atomic E-state index is 15.5. The third-order valence-corrected chi connectivity index (χ3v) is 16.8. The smallest absolute Gasteiger partial charge is 0.326 e. The number of amides is 2. The third-order valence-electron chi connectivity index (χ3n) is 16.3. The lowest BCUT2D eigenvalue weighted by molar-refractivity contribution is 0.0861. The molecule has 1 saturated heterocycles. The Hall–Kier alpha value is -6.86. The Balaban J connectivity index is 0.718. The summed E-state index contributed by atoms with van der Waals surface area (Å²) >= 11 is 13.0. The normalized spacial score (nSPS) is 18.4. The number of fused-ring (bicyclic) bond motifs is 1. The molecule has 2 atom stereocenters. The molecule has 7 aromatic rings. The van der Waals surface area contributed by atoms with Gasteiger partial charge in [-0.3, -0.25) is 24.6 Å². The number of allylic oxidation sites excluding steroid dienone is 1. The van der Waals surface area contributed by atoms with Crippen LogP contribution in [0.3, 0.4) is 0 Å². The Kier molecular flexibility index (Phi) is 16.5. The average molecular weight is 1100 g/mol. The van der Waals surface area contributed by atoms with Gasteiger partial charge in [-0.05, 0) is 140 Å². The number of urea groups is 1. The molecule has 410 valence electrons. The highest BCUT2D eigenvalue weighted by Gasteiger charge is 2.60. The summed E-state index contributed by atoms with van der Waals surface area (Å²) in [5, 5.41) is 5.69. The van der Waals surface area contributed by atoms with Crippen molar-refractivity contribution in [2.45, 2.75) is 116 Å². The highest BCUT2D eigenvalue weighted by molar-refractivity contribution is 6.30. The third kappa shape index (κ3) is 11.7. The summed E-state index contributed by atoms with van der Waals surface area (Å²) in [5.41, 5.74) is 8.64. The number of piperazine rings is 1. The molecule has 0 radical (unpaired) electrons. The summed E-state index contributed by atoms with van der Waals surface area (Å²) in [4.78, 5) is 45.6. The molecule has 0 N–H and O–H groups in total. The van der Waals surface area contributed by atoms with E-state index in [1.807, 2.05) is 89.9 Å². The number of ether oxygens (including phenoxy) is 1. The van der Waals surface area contributed by atoms with Gasteiger partial charge in [0.2, 0.25) is 5.91 Å². The zero-order valence-corrected chi connectivity index (χ0v) is 47.8. The predicted octanol–water partition coefficient (Wildman–Crippen LogP) is 14.6. The molecule has 2 aliphatic heterocycles. The fourth-order valence-electron chi connectivity index (χ4n) is 11.5. The number of halogens is 3. The summed E-state index contributed by atoms with van der Waals surface area (Å²) in [6.07, 6.45) is 19.1. The molecule has 79 heavy (non-hydrogen) atoms. The van der Waals surface area contributed by atoms with Gasteiger partial charge in [-0.25, -0.2) is 13.9 Å². The highest BCUT2D eigenvalue weighted by atomic mass is 35.5. The fraction of sp³-hybridized carbons (Fsp3) is 0.369. The number of benzene rings is 4. The summed E-state index contributed by atoms with van der Waals surface area (Å²) in [7, 11) is 0. The molecule has 3 aromatic heterocycles. The Morgan fingerprint density at radius 2 is 1.46 bits per heavy atom. The molecule has 0 unspecified atom stereocenters. The minimum absolute atomic E-state index is 0.0124. The molecule has 0 saturated carbocycles. The zero-order valence-electron chi connectivity index (χ0n) is 46.3. The number of aromatic nitrogens is 4. The summed E-state index contributed by atoms with van der Waals surface area (Å²) in [6.45, 7) is 17.5. The molecule has 10 rings (SSSR count). The molecule has 3 aliphatic rings. The van der Waals surface area contributed by atoms with E-state index in [0.717, 1.165) is 126 Å². The number of carbonyl (C=O) groups excluding carboxylic acids is 2. The minimum atomic E-state index is -0.993. The van der Waals surface area contributed by atoms with Gasteiger partial charge >= 0.3 is 6.03 Å². The van der Waals surface area contributed by atoms with Gasteiger partial charge in [0.15, 0.2) is 0 Å². The van der Waals surface area contributed by atoms with Gasteiger partial charge < -0.3 is 14.2 Å². The van der Waals surface area contributed by atoms with E-state index < -0.39 is 11.1 Å². The standard InChI is InChI=1S/C65H71Cl2FN8O3/c1-7-79-59-39-51(63(2,3)4)22-27-56(59)61-71-64(5,49-18-23-52(66)24-19-49)65(6,50-20-25-53(67)26-21-50)76(61)62(78)74-35-33-72(34-36-74)31-13-11-9-8-10-12-17-60(77)75-44-48(41-70-75)47-38-57-55(28-29-58(57)69-40-47)46-30-32-73(43-46)42-45-15-14-16-54(68)37-45/h14-16,18-28,30,32,37-41,43-44H,7-13,17,29,31,33-36,42H2,1-6H3/t64-,65+/m1/s1. The van der Waals surface area contributed by atoms with Crippen molar-refractivity contribution in [2.24, 2.45) is 4.99 Å². The van der Waals surface area contributed by atoms with Crippen LogP contribution in [-0.2, 0) is 29.5 Å². The van der Waals surface area contributed by atoms with Crippen LogP contribution in [0.15, 0.2) is 145 Å². The second kappa shape index (κ2) is 23.5. The van der Waals surface area contributed by atoms with E-state index in [1.165, 1.54) is 10.7 Å². The lowest BCUT2D eigenvalue weighted by atomic mass is 9.71. The largest absolute Gasteiger partial charge is 0.493 e. The van der Waals surface area contributed by atoms with Crippen molar-refractivity contribution in [1.82, 2.24) is 34.0 Å². The van der Waals surface area contributed by atoms with Crippen molar-refractivity contribution in [3.05, 3.63) is 201 Å². The maximum atomic E-state index is 15.5. The minimum Gasteiger partial charge on any atom is -0.493 e. The topological polar surface area (TPSA) is 101 Å². The zero-order chi connectivity index (χ0) is 55.5. The first-order valence-corrected chi connectivity index (χ1v) is 28.7. The molecule has 1 aliphatic carbocycles. The van der Waals surface area contributed by atoms with Crippen molar-refractivity contribution < 1.29 is 18.7 Å². The van der Waals surface area contributed by atoms with Crippen LogP contribution >= 0.6 is 23.2 Å². The van der Waals surface area contributed by atoms with Crippen molar-refractivity contribution in [3.8, 4) is 16.9 Å². The molecule has 0 spiro atoms. The van der Waals surface area contributed by atoms with Crippen LogP contribution in [-0.4, -0.2) is 91.1 Å². The molecule has 5 heterocycles. The first-order valence-electron chi connectivity index (χ1n) is 27.9. The predicted molar refractivity (Wildman–Crippen MR) is 315 cm³/mol. The second-order valence-electron chi connectivity index (χ2n) is 22.6. The fourth-order valence-corrected chi connectivity index (χ4v) is 11.8. The van der Waals surface area contributed by atoms with Gasteiger partial charge in [0, 0.05) is 97.1 Å². The van der Waals surface area contributed by atoms with Crippen LogP contribution in [0.2, 0.25) is 10.0 Å². The molecule has 4 aromatic carbocycles. The van der Waals surface area contributed by atoms with Gasteiger partial charge in [-0.15, -0.1) is 0 Å². The van der Waals surface area contributed by atoms with Crippen LogP contribution in [0, 0.1) is 5.82 Å². The Morgan fingerprint density at radius 3 is 2.16 bits per heavy atom. The highest BCUT2D eigenvalue weighted by Crippen LogP contribution is 2.54. The van der Waals surface area contributed by atoms with E-state index in [-0.39, 0.29) is 23.2 Å². The second-order valence-corrected chi connectivity index (χ2v) is 23.5. The number of hydrogen-bond donors (Lipinski definition) is 0. The van der Waals surface area contributed by atoms with E-state index in [4.69, 9.17) is 37.9 Å². The van der Waals surface area contributed by atoms with Gasteiger partial charge in [0.25, 0.3) is 0 Å². The molecule has 11 nitrogen and oxygen atoms in total. The number of carbonyl (C=O) groups is 2. The van der Waals surface area contributed by atoms with Crippen molar-refractivity contribution in [3.63, 3.8) is 0 Å². The van der Waals surface area contributed by atoms with Crippen LogP contribution in [0.25, 0.3) is 16.7 Å². The van der Waals surface area contributed by atoms with Crippen molar-refractivity contribution >= 4 is 46.5 Å². The molecule has 1 fully saturated rings. The molecule has 0 bridgehead atoms. The first kappa shape index (κ1) is 55.5. The number of pyridine rings is 1. The molecule has 14 heteroatoms. The summed E-state index contributed by atoms with van der Waals surface area (Å²) in [6, 6.07) is 32.7. The summed E-state index contributed by atoms with van der Waals surface area (Å²) < 4.78 is 23.7. The molecular weight excluding hydrogens is 1030 g/mol. The monoisotopic (exact) mass is 1100 g/mol. The molecule has 2 amide bonds. The molecular formula is C65H71Cl2FN8O3. The van der Waals surface area contributed by atoms with Crippen LogP contribution in [0.1, 0.15) is 136 Å². The van der Waals surface area contributed by atoms with Gasteiger partial charge in [-0.1, -0.05) is 118 Å².